The highest BCUT2D eigenvalue weighted by Gasteiger charge is 2.42. The van der Waals surface area contributed by atoms with Gasteiger partial charge < -0.3 is 10.2 Å². The summed E-state index contributed by atoms with van der Waals surface area (Å²) in [7, 11) is 0. The van der Waals surface area contributed by atoms with E-state index in [1.54, 1.807) is 11.3 Å². The maximum Gasteiger partial charge on any atom is 0.224 e. The molecule has 0 radical (unpaired) electrons. The average molecular weight is 310 g/mol. The molecule has 1 aromatic heterocycles. The van der Waals surface area contributed by atoms with Crippen molar-refractivity contribution in [2.24, 2.45) is 0 Å². The first kappa shape index (κ1) is 13.8. The second kappa shape index (κ2) is 5.31. The van der Waals surface area contributed by atoms with Crippen molar-refractivity contribution in [3.63, 3.8) is 0 Å². The molecule has 2 aliphatic heterocycles. The molecule has 4 rings (SSSR count). The third-order valence-electron chi connectivity index (χ3n) is 4.07. The number of rotatable bonds is 2. The maximum atomic E-state index is 12.1. The van der Waals surface area contributed by atoms with Crippen LogP contribution in [0.3, 0.4) is 0 Å². The van der Waals surface area contributed by atoms with Crippen LogP contribution < -0.4 is 5.32 Å². The number of carbonyl (C=O) groups excluding carboxylic acids is 1. The largest absolute Gasteiger partial charge is 0.331 e. The molecule has 0 unspecified atom stereocenters. The smallest absolute Gasteiger partial charge is 0.224 e. The Morgan fingerprint density at radius 1 is 1.40 bits per heavy atom. The van der Waals surface area contributed by atoms with E-state index in [1.165, 1.54) is 4.70 Å². The fraction of sp³-hybridized carbons (Fsp3) is 0.429. The van der Waals surface area contributed by atoms with E-state index in [9.17, 15) is 4.79 Å². The van der Waals surface area contributed by atoms with Crippen LogP contribution in [0.15, 0.2) is 24.3 Å². The third-order valence-corrected chi connectivity index (χ3v) is 5.09. The number of carbonyl (C=O) groups is 1. The van der Waals surface area contributed by atoms with E-state index in [0.29, 0.717) is 25.0 Å². The number of nitrogens with one attached hydrogen (secondary N) is 1. The number of amides is 1. The number of thiazole rings is 1. The van der Waals surface area contributed by atoms with E-state index in [0.717, 1.165) is 23.5 Å². The second-order valence-electron chi connectivity index (χ2n) is 5.22. The molecule has 1 N–H and O–H groups in total. The first-order valence-corrected chi connectivity index (χ1v) is 7.50. The summed E-state index contributed by atoms with van der Waals surface area (Å²) in [6, 6.07) is 8.89. The summed E-state index contributed by atoms with van der Waals surface area (Å²) >= 11 is 1.69. The predicted octanol–water partition coefficient (Wildman–Crippen LogP) is 2.18. The van der Waals surface area contributed by atoms with Crippen LogP contribution in [-0.2, 0) is 11.3 Å². The predicted molar refractivity (Wildman–Crippen MR) is 82.2 cm³/mol. The molecule has 0 aliphatic carbocycles. The van der Waals surface area contributed by atoms with Crippen molar-refractivity contribution >= 4 is 39.9 Å². The van der Waals surface area contributed by atoms with Gasteiger partial charge in [-0.05, 0) is 25.1 Å². The zero-order valence-corrected chi connectivity index (χ0v) is 12.5. The highest BCUT2D eigenvalue weighted by molar-refractivity contribution is 7.18. The van der Waals surface area contributed by atoms with Gasteiger partial charge in [0.2, 0.25) is 5.91 Å². The Morgan fingerprint density at radius 2 is 2.25 bits per heavy atom. The first-order valence-electron chi connectivity index (χ1n) is 6.68. The van der Waals surface area contributed by atoms with Crippen LogP contribution in [0, 0.1) is 0 Å². The number of hydrogen-bond acceptors (Lipinski definition) is 4. The molecule has 0 bridgehead atoms. The summed E-state index contributed by atoms with van der Waals surface area (Å²) < 4.78 is 1.20. The van der Waals surface area contributed by atoms with Crippen molar-refractivity contribution in [2.75, 3.05) is 6.54 Å². The topological polar surface area (TPSA) is 45.2 Å². The molecule has 1 amide bonds. The number of likely N-dealkylation sites (tertiary alicyclic amines) is 1. The number of nitrogens with zero attached hydrogens (tertiary/aromatic N) is 2. The molecule has 1 aromatic carbocycles. The lowest BCUT2D eigenvalue weighted by atomic mass is 10.1. The third kappa shape index (κ3) is 2.20. The van der Waals surface area contributed by atoms with Gasteiger partial charge in [-0.3, -0.25) is 4.79 Å². The van der Waals surface area contributed by atoms with Crippen molar-refractivity contribution in [1.82, 2.24) is 15.2 Å². The Hall–Kier alpha value is -1.17. The molecule has 2 atom stereocenters. The SMILES string of the molecule is Cl.O=C1C[C@H]2NCC[C@H]2N1Cc1nc2ccccc2s1. The number of aromatic nitrogens is 1. The first-order chi connectivity index (χ1) is 9.31. The highest BCUT2D eigenvalue weighted by Crippen LogP contribution is 2.30. The minimum absolute atomic E-state index is 0. The van der Waals surface area contributed by atoms with Crippen LogP contribution in [-0.4, -0.2) is 34.4 Å². The highest BCUT2D eigenvalue weighted by atomic mass is 35.5. The normalized spacial score (nSPS) is 25.0. The van der Waals surface area contributed by atoms with E-state index < -0.39 is 0 Å². The van der Waals surface area contributed by atoms with E-state index in [4.69, 9.17) is 0 Å². The summed E-state index contributed by atoms with van der Waals surface area (Å²) in [6.07, 6.45) is 1.72. The zero-order valence-electron chi connectivity index (χ0n) is 10.9. The van der Waals surface area contributed by atoms with E-state index in [-0.39, 0.29) is 18.3 Å². The number of para-hydroxylation sites is 1. The van der Waals surface area contributed by atoms with Gasteiger partial charge in [0.1, 0.15) is 5.01 Å². The standard InChI is InChI=1S/C14H15N3OS.ClH/c18-14-7-10-11(5-6-15-10)17(14)8-13-16-9-3-1-2-4-12(9)19-13;/h1-4,10-11,15H,5-8H2;1H/t10-,11-;/m1./s1. The average Bonchev–Trinajstić information content (AvgIpc) is 3.06. The van der Waals surface area contributed by atoms with Crippen molar-refractivity contribution in [1.29, 1.82) is 0 Å². The molecule has 3 heterocycles. The van der Waals surface area contributed by atoms with Crippen LogP contribution in [0.2, 0.25) is 0 Å². The Kier molecular flexibility index (Phi) is 3.67. The lowest BCUT2D eigenvalue weighted by Crippen LogP contribution is -2.35. The molecule has 20 heavy (non-hydrogen) atoms. The van der Waals surface area contributed by atoms with Gasteiger partial charge in [0.05, 0.1) is 16.8 Å². The van der Waals surface area contributed by atoms with Gasteiger partial charge in [-0.15, -0.1) is 23.7 Å². The van der Waals surface area contributed by atoms with Crippen LogP contribution >= 0.6 is 23.7 Å². The summed E-state index contributed by atoms with van der Waals surface area (Å²) in [4.78, 5) is 18.7. The molecule has 2 aromatic rings. The van der Waals surface area contributed by atoms with Gasteiger partial charge in [0.15, 0.2) is 0 Å². The summed E-state index contributed by atoms with van der Waals surface area (Å²) in [6.45, 7) is 1.69. The number of benzene rings is 1. The van der Waals surface area contributed by atoms with E-state index in [1.807, 2.05) is 23.1 Å². The lowest BCUT2D eigenvalue weighted by Gasteiger charge is -2.22. The number of halogens is 1. The van der Waals surface area contributed by atoms with Crippen molar-refractivity contribution in [3.05, 3.63) is 29.3 Å². The monoisotopic (exact) mass is 309 g/mol. The molecular weight excluding hydrogens is 294 g/mol. The molecule has 106 valence electrons. The Labute approximate surface area is 127 Å². The minimum atomic E-state index is 0. The zero-order chi connectivity index (χ0) is 12.8. The quantitative estimate of drug-likeness (QED) is 0.925. The van der Waals surface area contributed by atoms with Crippen LogP contribution in [0.5, 0.6) is 0 Å². The van der Waals surface area contributed by atoms with Gasteiger partial charge >= 0.3 is 0 Å². The maximum absolute atomic E-state index is 12.1. The van der Waals surface area contributed by atoms with Gasteiger partial charge in [-0.2, -0.15) is 0 Å². The molecule has 6 heteroatoms. The second-order valence-corrected chi connectivity index (χ2v) is 6.33. The molecule has 4 nitrogen and oxygen atoms in total. The Morgan fingerprint density at radius 3 is 3.10 bits per heavy atom. The van der Waals surface area contributed by atoms with Crippen molar-refractivity contribution < 1.29 is 4.79 Å². The Bertz CT molecular complexity index is 611. The lowest BCUT2D eigenvalue weighted by molar-refractivity contribution is -0.129. The van der Waals surface area contributed by atoms with Crippen molar-refractivity contribution in [2.45, 2.75) is 31.5 Å². The molecule has 2 saturated heterocycles. The van der Waals surface area contributed by atoms with Gasteiger partial charge in [-0.25, -0.2) is 4.98 Å². The van der Waals surface area contributed by atoms with Crippen LogP contribution in [0.25, 0.3) is 10.2 Å². The molecule has 0 saturated carbocycles. The fourth-order valence-corrected chi connectivity index (χ4v) is 4.13. The Balaban J connectivity index is 0.00000121. The molecule has 2 fully saturated rings. The minimum Gasteiger partial charge on any atom is -0.331 e. The van der Waals surface area contributed by atoms with E-state index >= 15 is 0 Å². The van der Waals surface area contributed by atoms with Gasteiger partial charge in [0, 0.05) is 18.5 Å². The fourth-order valence-electron chi connectivity index (χ4n) is 3.16. The van der Waals surface area contributed by atoms with Crippen LogP contribution in [0.1, 0.15) is 17.8 Å². The van der Waals surface area contributed by atoms with Gasteiger partial charge in [0.25, 0.3) is 0 Å². The summed E-state index contributed by atoms with van der Waals surface area (Å²) in [5.74, 6) is 0.265. The number of hydrogen-bond donors (Lipinski definition) is 1. The summed E-state index contributed by atoms with van der Waals surface area (Å²) in [5.41, 5.74) is 1.04. The number of fused-ring (bicyclic) bond motifs is 2. The molecule has 2 aliphatic rings. The van der Waals surface area contributed by atoms with E-state index in [2.05, 4.69) is 16.4 Å². The van der Waals surface area contributed by atoms with Gasteiger partial charge in [-0.1, -0.05) is 12.1 Å². The molecular formula is C14H16ClN3OS. The summed E-state index contributed by atoms with van der Waals surface area (Å²) in [5, 5.41) is 4.46. The van der Waals surface area contributed by atoms with Crippen LogP contribution in [0.4, 0.5) is 0 Å². The van der Waals surface area contributed by atoms with Crippen molar-refractivity contribution in [3.8, 4) is 0 Å². The molecule has 0 spiro atoms.